The molecule has 2 rings (SSSR count). The fraction of sp³-hybridized carbons (Fsp3) is 0.167. The third-order valence-electron chi connectivity index (χ3n) is 2.40. The molecule has 0 radical (unpaired) electrons. The zero-order valence-electron chi connectivity index (χ0n) is 9.43. The molecule has 0 aliphatic carbocycles. The molecule has 0 unspecified atom stereocenters. The zero-order chi connectivity index (χ0) is 13.0. The highest BCUT2D eigenvalue weighted by molar-refractivity contribution is 6.28. The summed E-state index contributed by atoms with van der Waals surface area (Å²) in [6, 6.07) is 9.90. The molecule has 0 amide bonds. The second-order valence-corrected chi connectivity index (χ2v) is 4.11. The average Bonchev–Trinajstić information content (AvgIpc) is 2.76. The smallest absolute Gasteiger partial charge is 0.269 e. The monoisotopic (exact) mass is 266 g/mol. The van der Waals surface area contributed by atoms with Gasteiger partial charge in [0.1, 0.15) is 5.76 Å². The summed E-state index contributed by atoms with van der Waals surface area (Å²) in [6.45, 7) is 1.17. The Bertz CT molecular complexity index is 537. The van der Waals surface area contributed by atoms with Crippen LogP contribution < -0.4 is 5.32 Å². The van der Waals surface area contributed by atoms with Gasteiger partial charge < -0.3 is 9.73 Å². The summed E-state index contributed by atoms with van der Waals surface area (Å²) in [7, 11) is 0. The van der Waals surface area contributed by atoms with Crippen molar-refractivity contribution in [3.8, 4) is 0 Å². The van der Waals surface area contributed by atoms with Gasteiger partial charge in [-0.2, -0.15) is 0 Å². The maximum Gasteiger partial charge on any atom is 0.269 e. The van der Waals surface area contributed by atoms with Crippen molar-refractivity contribution < 1.29 is 9.34 Å². The Hall–Kier alpha value is -1.85. The zero-order valence-corrected chi connectivity index (χ0v) is 10.2. The van der Waals surface area contributed by atoms with Crippen LogP contribution in [0, 0.1) is 10.1 Å². The van der Waals surface area contributed by atoms with Gasteiger partial charge in [0.25, 0.3) is 5.69 Å². The number of hydrogen-bond donors (Lipinski definition) is 1. The average molecular weight is 267 g/mol. The highest BCUT2D eigenvalue weighted by atomic mass is 35.5. The summed E-state index contributed by atoms with van der Waals surface area (Å²) in [4.78, 5) is 10.1. The van der Waals surface area contributed by atoms with Crippen LogP contribution in [-0.2, 0) is 13.1 Å². The van der Waals surface area contributed by atoms with Crippen molar-refractivity contribution in [1.82, 2.24) is 5.32 Å². The summed E-state index contributed by atoms with van der Waals surface area (Å²) in [5.41, 5.74) is 1.06. The van der Waals surface area contributed by atoms with Crippen LogP contribution in [-0.4, -0.2) is 4.92 Å². The first kappa shape index (κ1) is 12.6. The van der Waals surface area contributed by atoms with E-state index in [4.69, 9.17) is 16.0 Å². The van der Waals surface area contributed by atoms with E-state index in [2.05, 4.69) is 5.32 Å². The molecule has 94 valence electrons. The number of benzene rings is 1. The molecule has 18 heavy (non-hydrogen) atoms. The predicted octanol–water partition coefficient (Wildman–Crippen LogP) is 3.13. The molecule has 0 atom stereocenters. The number of nitro groups is 1. The van der Waals surface area contributed by atoms with Crippen LogP contribution in [0.1, 0.15) is 11.3 Å². The number of nitro benzene ring substituents is 1. The van der Waals surface area contributed by atoms with E-state index < -0.39 is 4.92 Å². The van der Waals surface area contributed by atoms with Crippen molar-refractivity contribution in [2.24, 2.45) is 0 Å². The van der Waals surface area contributed by atoms with Gasteiger partial charge in [0.2, 0.25) is 0 Å². The van der Waals surface area contributed by atoms with Crippen molar-refractivity contribution in [2.45, 2.75) is 13.1 Å². The third-order valence-corrected chi connectivity index (χ3v) is 2.61. The van der Waals surface area contributed by atoms with Gasteiger partial charge in [-0.3, -0.25) is 10.1 Å². The maximum absolute atomic E-state index is 10.5. The summed E-state index contributed by atoms with van der Waals surface area (Å²) in [5, 5.41) is 14.0. The lowest BCUT2D eigenvalue weighted by Gasteiger charge is -2.02. The number of halogens is 1. The van der Waals surface area contributed by atoms with Gasteiger partial charge in [-0.15, -0.1) is 0 Å². The molecule has 0 saturated carbocycles. The van der Waals surface area contributed by atoms with Gasteiger partial charge in [0.15, 0.2) is 5.22 Å². The molecule has 6 heteroatoms. The van der Waals surface area contributed by atoms with Crippen LogP contribution in [0.2, 0.25) is 5.22 Å². The fourth-order valence-corrected chi connectivity index (χ4v) is 1.67. The number of nitrogens with one attached hydrogen (secondary N) is 1. The van der Waals surface area contributed by atoms with E-state index in [-0.39, 0.29) is 5.69 Å². The minimum absolute atomic E-state index is 0.0940. The Labute approximate surface area is 109 Å². The molecule has 0 spiro atoms. The summed E-state index contributed by atoms with van der Waals surface area (Å²) in [5.74, 6) is 0.752. The molecule has 0 fully saturated rings. The van der Waals surface area contributed by atoms with Crippen molar-refractivity contribution in [1.29, 1.82) is 0 Å². The Morgan fingerprint density at radius 1 is 1.17 bits per heavy atom. The molecule has 1 aromatic heterocycles. The Morgan fingerprint density at radius 2 is 1.89 bits per heavy atom. The van der Waals surface area contributed by atoms with E-state index in [0.717, 1.165) is 11.3 Å². The molecule has 1 heterocycles. The molecule has 2 aromatic rings. The quantitative estimate of drug-likeness (QED) is 0.667. The van der Waals surface area contributed by atoms with Crippen LogP contribution in [0.4, 0.5) is 5.69 Å². The standard InChI is InChI=1S/C12H11ClN2O3/c13-12-6-5-11(18-12)8-14-7-9-1-3-10(4-2-9)15(16)17/h1-6,14H,7-8H2. The number of furan rings is 1. The van der Waals surface area contributed by atoms with E-state index >= 15 is 0 Å². The van der Waals surface area contributed by atoms with Crippen molar-refractivity contribution in [3.05, 3.63) is 63.1 Å². The minimum Gasteiger partial charge on any atom is -0.448 e. The van der Waals surface area contributed by atoms with Gasteiger partial charge in [-0.1, -0.05) is 12.1 Å². The number of rotatable bonds is 5. The van der Waals surface area contributed by atoms with E-state index in [1.807, 2.05) is 0 Å². The highest BCUT2D eigenvalue weighted by Gasteiger charge is 2.04. The fourth-order valence-electron chi connectivity index (χ4n) is 1.51. The van der Waals surface area contributed by atoms with E-state index in [9.17, 15) is 10.1 Å². The van der Waals surface area contributed by atoms with Crippen LogP contribution in [0.25, 0.3) is 0 Å². The Morgan fingerprint density at radius 3 is 2.44 bits per heavy atom. The first-order valence-electron chi connectivity index (χ1n) is 5.33. The first-order valence-corrected chi connectivity index (χ1v) is 5.71. The second-order valence-electron chi connectivity index (χ2n) is 3.73. The molecule has 0 bridgehead atoms. The normalized spacial score (nSPS) is 10.5. The summed E-state index contributed by atoms with van der Waals surface area (Å²) >= 11 is 5.65. The van der Waals surface area contributed by atoms with Crippen LogP contribution in [0.5, 0.6) is 0 Å². The maximum atomic E-state index is 10.5. The molecule has 1 aromatic carbocycles. The van der Waals surface area contributed by atoms with E-state index in [0.29, 0.717) is 18.3 Å². The van der Waals surface area contributed by atoms with E-state index in [1.165, 1.54) is 12.1 Å². The first-order chi connectivity index (χ1) is 8.65. The molecule has 5 nitrogen and oxygen atoms in total. The van der Waals surface area contributed by atoms with Crippen LogP contribution in [0.3, 0.4) is 0 Å². The van der Waals surface area contributed by atoms with Crippen molar-refractivity contribution in [2.75, 3.05) is 0 Å². The molecular formula is C12H11ClN2O3. The second kappa shape index (κ2) is 5.66. The Kier molecular flexibility index (Phi) is 3.96. The van der Waals surface area contributed by atoms with Gasteiger partial charge >= 0.3 is 0 Å². The minimum atomic E-state index is -0.415. The van der Waals surface area contributed by atoms with Crippen molar-refractivity contribution >= 4 is 17.3 Å². The Balaban J connectivity index is 1.85. The van der Waals surface area contributed by atoms with Gasteiger partial charge in [0.05, 0.1) is 11.5 Å². The van der Waals surface area contributed by atoms with Crippen molar-refractivity contribution in [3.63, 3.8) is 0 Å². The van der Waals surface area contributed by atoms with Crippen LogP contribution in [0.15, 0.2) is 40.8 Å². The highest BCUT2D eigenvalue weighted by Crippen LogP contribution is 2.14. The lowest BCUT2D eigenvalue weighted by Crippen LogP contribution is -2.11. The number of nitrogens with zero attached hydrogens (tertiary/aromatic N) is 1. The molecule has 0 aliphatic heterocycles. The summed E-state index contributed by atoms with van der Waals surface area (Å²) in [6.07, 6.45) is 0. The van der Waals surface area contributed by atoms with Gasteiger partial charge in [-0.05, 0) is 29.3 Å². The topological polar surface area (TPSA) is 68.3 Å². The van der Waals surface area contributed by atoms with Gasteiger partial charge in [0, 0.05) is 18.7 Å². The lowest BCUT2D eigenvalue weighted by atomic mass is 10.2. The molecule has 1 N–H and O–H groups in total. The lowest BCUT2D eigenvalue weighted by molar-refractivity contribution is -0.384. The molecule has 0 saturated heterocycles. The van der Waals surface area contributed by atoms with E-state index in [1.54, 1.807) is 24.3 Å². The predicted molar refractivity (Wildman–Crippen MR) is 67.4 cm³/mol. The van der Waals surface area contributed by atoms with Crippen LogP contribution >= 0.6 is 11.6 Å². The molecule has 0 aliphatic rings. The van der Waals surface area contributed by atoms with Gasteiger partial charge in [-0.25, -0.2) is 0 Å². The number of non-ortho nitro benzene ring substituents is 1. The largest absolute Gasteiger partial charge is 0.448 e. The molecular weight excluding hydrogens is 256 g/mol. The third kappa shape index (κ3) is 3.32. The summed E-state index contributed by atoms with van der Waals surface area (Å²) < 4.78 is 5.19. The SMILES string of the molecule is O=[N+]([O-])c1ccc(CNCc2ccc(Cl)o2)cc1. The number of hydrogen-bond acceptors (Lipinski definition) is 4.